The van der Waals surface area contributed by atoms with E-state index in [2.05, 4.69) is 38.1 Å². The summed E-state index contributed by atoms with van der Waals surface area (Å²) in [5.41, 5.74) is 1.37. The maximum absolute atomic E-state index is 5.73. The molecule has 1 aromatic rings. The van der Waals surface area contributed by atoms with E-state index in [1.165, 1.54) is 50.5 Å². The molecule has 0 amide bonds. The number of benzene rings is 1. The van der Waals surface area contributed by atoms with Gasteiger partial charge < -0.3 is 4.74 Å². The van der Waals surface area contributed by atoms with E-state index in [1.807, 2.05) is 0 Å². The normalized spacial score (nSPS) is 10.6. The van der Waals surface area contributed by atoms with Gasteiger partial charge in [0.05, 0.1) is 6.61 Å². The van der Waals surface area contributed by atoms with Crippen LogP contribution in [0.25, 0.3) is 0 Å². The molecule has 102 valence electrons. The molecule has 0 aliphatic heterocycles. The third-order valence-corrected chi connectivity index (χ3v) is 3.35. The summed E-state index contributed by atoms with van der Waals surface area (Å²) in [5, 5.41) is 0. The van der Waals surface area contributed by atoms with Gasteiger partial charge in [0.2, 0.25) is 0 Å². The van der Waals surface area contributed by atoms with Crippen LogP contribution in [0, 0.1) is 0 Å². The highest BCUT2D eigenvalue weighted by Gasteiger charge is 1.95. The second-order valence-corrected chi connectivity index (χ2v) is 4.97. The Morgan fingerprint density at radius 3 is 2.00 bits per heavy atom. The van der Waals surface area contributed by atoms with Crippen LogP contribution < -0.4 is 4.74 Å². The van der Waals surface area contributed by atoms with E-state index >= 15 is 0 Å². The van der Waals surface area contributed by atoms with Crippen molar-refractivity contribution in [2.45, 2.75) is 65.2 Å². The molecule has 0 aliphatic carbocycles. The van der Waals surface area contributed by atoms with Crippen LogP contribution in [0.1, 0.15) is 64.4 Å². The van der Waals surface area contributed by atoms with Crippen LogP contribution in [-0.4, -0.2) is 6.61 Å². The van der Waals surface area contributed by atoms with Crippen LogP contribution in [0.4, 0.5) is 0 Å². The topological polar surface area (TPSA) is 9.23 Å². The maximum atomic E-state index is 5.73. The van der Waals surface area contributed by atoms with E-state index in [0.29, 0.717) is 0 Å². The summed E-state index contributed by atoms with van der Waals surface area (Å²) in [6, 6.07) is 8.47. The van der Waals surface area contributed by atoms with E-state index in [4.69, 9.17) is 4.74 Å². The second-order valence-electron chi connectivity index (χ2n) is 4.97. The molecule has 0 N–H and O–H groups in total. The van der Waals surface area contributed by atoms with Crippen molar-refractivity contribution in [3.05, 3.63) is 29.8 Å². The third kappa shape index (κ3) is 6.68. The highest BCUT2D eigenvalue weighted by molar-refractivity contribution is 5.27. The molecule has 0 atom stereocenters. The van der Waals surface area contributed by atoms with Gasteiger partial charge in [0.25, 0.3) is 0 Å². The van der Waals surface area contributed by atoms with Crippen LogP contribution in [0.2, 0.25) is 0 Å². The molecular weight excluding hydrogens is 220 g/mol. The SMILES string of the molecule is CCCCCCCCCOc1ccc(CC)cc1. The van der Waals surface area contributed by atoms with Gasteiger partial charge in [-0.3, -0.25) is 0 Å². The summed E-state index contributed by atoms with van der Waals surface area (Å²) in [4.78, 5) is 0. The van der Waals surface area contributed by atoms with Gasteiger partial charge in [0.1, 0.15) is 5.75 Å². The zero-order valence-corrected chi connectivity index (χ0v) is 12.1. The van der Waals surface area contributed by atoms with Crippen LogP contribution in [0.5, 0.6) is 5.75 Å². The molecule has 0 heterocycles. The smallest absolute Gasteiger partial charge is 0.119 e. The lowest BCUT2D eigenvalue weighted by atomic mass is 10.1. The molecule has 1 heteroatoms. The predicted molar refractivity (Wildman–Crippen MR) is 79.3 cm³/mol. The molecule has 0 saturated carbocycles. The number of hydrogen-bond acceptors (Lipinski definition) is 1. The lowest BCUT2D eigenvalue weighted by Gasteiger charge is -2.06. The van der Waals surface area contributed by atoms with E-state index in [-0.39, 0.29) is 0 Å². The molecule has 0 fully saturated rings. The molecule has 0 aliphatic rings. The van der Waals surface area contributed by atoms with Crippen LogP contribution in [0.15, 0.2) is 24.3 Å². The molecule has 1 aromatic carbocycles. The highest BCUT2D eigenvalue weighted by atomic mass is 16.5. The average Bonchev–Trinajstić information content (AvgIpc) is 2.42. The lowest BCUT2D eigenvalue weighted by Crippen LogP contribution is -1.97. The second kappa shape index (κ2) is 9.99. The summed E-state index contributed by atoms with van der Waals surface area (Å²) in [6.07, 6.45) is 10.4. The Kier molecular flexibility index (Phi) is 8.37. The Balaban J connectivity index is 2.00. The third-order valence-electron chi connectivity index (χ3n) is 3.35. The molecule has 18 heavy (non-hydrogen) atoms. The largest absolute Gasteiger partial charge is 0.494 e. The van der Waals surface area contributed by atoms with Crippen molar-refractivity contribution in [1.82, 2.24) is 0 Å². The molecule has 0 radical (unpaired) electrons. The van der Waals surface area contributed by atoms with Gasteiger partial charge in [-0.15, -0.1) is 0 Å². The van der Waals surface area contributed by atoms with Gasteiger partial charge in [0, 0.05) is 0 Å². The zero-order chi connectivity index (χ0) is 13.1. The van der Waals surface area contributed by atoms with Gasteiger partial charge >= 0.3 is 0 Å². The number of unbranched alkanes of at least 4 members (excludes halogenated alkanes) is 6. The Morgan fingerprint density at radius 1 is 0.778 bits per heavy atom. The number of aryl methyl sites for hydroxylation is 1. The van der Waals surface area contributed by atoms with Crippen molar-refractivity contribution in [3.8, 4) is 5.75 Å². The first-order valence-electron chi connectivity index (χ1n) is 7.58. The van der Waals surface area contributed by atoms with E-state index in [0.717, 1.165) is 18.8 Å². The number of ether oxygens (including phenoxy) is 1. The molecule has 0 aromatic heterocycles. The van der Waals surface area contributed by atoms with Gasteiger partial charge in [-0.25, -0.2) is 0 Å². The minimum absolute atomic E-state index is 0.860. The molecular formula is C17H28O. The van der Waals surface area contributed by atoms with Crippen LogP contribution in [0.3, 0.4) is 0 Å². The predicted octanol–water partition coefficient (Wildman–Crippen LogP) is 5.38. The minimum Gasteiger partial charge on any atom is -0.494 e. The molecule has 0 saturated heterocycles. The first kappa shape index (κ1) is 15.1. The summed E-state index contributed by atoms with van der Waals surface area (Å²) in [7, 11) is 0. The Hall–Kier alpha value is -0.980. The minimum atomic E-state index is 0.860. The fourth-order valence-corrected chi connectivity index (χ4v) is 2.07. The Bertz CT molecular complexity index is 289. The summed E-state index contributed by atoms with van der Waals surface area (Å²) in [6.45, 7) is 5.30. The summed E-state index contributed by atoms with van der Waals surface area (Å²) >= 11 is 0. The first-order valence-corrected chi connectivity index (χ1v) is 7.58. The average molecular weight is 248 g/mol. The first-order chi connectivity index (χ1) is 8.86. The summed E-state index contributed by atoms with van der Waals surface area (Å²) < 4.78 is 5.73. The maximum Gasteiger partial charge on any atom is 0.119 e. The highest BCUT2D eigenvalue weighted by Crippen LogP contribution is 2.13. The number of rotatable bonds is 10. The van der Waals surface area contributed by atoms with Gasteiger partial charge in [-0.1, -0.05) is 64.5 Å². The fourth-order valence-electron chi connectivity index (χ4n) is 2.07. The fraction of sp³-hybridized carbons (Fsp3) is 0.647. The van der Waals surface area contributed by atoms with Crippen molar-refractivity contribution >= 4 is 0 Å². The van der Waals surface area contributed by atoms with E-state index in [1.54, 1.807) is 0 Å². The van der Waals surface area contributed by atoms with Crippen molar-refractivity contribution in [3.63, 3.8) is 0 Å². The Morgan fingerprint density at radius 2 is 1.39 bits per heavy atom. The molecule has 0 bridgehead atoms. The quantitative estimate of drug-likeness (QED) is 0.505. The monoisotopic (exact) mass is 248 g/mol. The lowest BCUT2D eigenvalue weighted by molar-refractivity contribution is 0.304. The van der Waals surface area contributed by atoms with Crippen molar-refractivity contribution < 1.29 is 4.74 Å². The van der Waals surface area contributed by atoms with Crippen LogP contribution >= 0.6 is 0 Å². The molecule has 1 nitrogen and oxygen atoms in total. The molecule has 0 unspecified atom stereocenters. The van der Waals surface area contributed by atoms with E-state index < -0.39 is 0 Å². The van der Waals surface area contributed by atoms with Gasteiger partial charge in [-0.05, 0) is 30.5 Å². The zero-order valence-electron chi connectivity index (χ0n) is 12.1. The van der Waals surface area contributed by atoms with Gasteiger partial charge in [-0.2, -0.15) is 0 Å². The van der Waals surface area contributed by atoms with Crippen molar-refractivity contribution in [2.24, 2.45) is 0 Å². The van der Waals surface area contributed by atoms with Crippen LogP contribution in [-0.2, 0) is 6.42 Å². The van der Waals surface area contributed by atoms with Crippen molar-refractivity contribution in [2.75, 3.05) is 6.61 Å². The van der Waals surface area contributed by atoms with Crippen molar-refractivity contribution in [1.29, 1.82) is 0 Å². The Labute approximate surface area is 113 Å². The standard InChI is InChI=1S/C17H28O/c1-3-5-6-7-8-9-10-15-18-17-13-11-16(4-2)12-14-17/h11-14H,3-10,15H2,1-2H3. The van der Waals surface area contributed by atoms with Gasteiger partial charge in [0.15, 0.2) is 0 Å². The number of hydrogen-bond donors (Lipinski definition) is 0. The summed E-state index contributed by atoms with van der Waals surface area (Å²) in [5.74, 6) is 1.01. The molecule has 1 rings (SSSR count). The molecule has 0 spiro atoms. The van der Waals surface area contributed by atoms with E-state index in [9.17, 15) is 0 Å².